The zero-order valence-corrected chi connectivity index (χ0v) is 11.7. The monoisotopic (exact) mass is 274 g/mol. The van der Waals surface area contributed by atoms with Crippen molar-refractivity contribution in [1.29, 1.82) is 0 Å². The van der Waals surface area contributed by atoms with Crippen LogP contribution >= 0.6 is 0 Å². The Kier molecular flexibility index (Phi) is 3.66. The summed E-state index contributed by atoms with van der Waals surface area (Å²) in [6, 6.07) is 8.10. The van der Waals surface area contributed by atoms with Crippen LogP contribution in [0.5, 0.6) is 5.75 Å². The maximum Gasteiger partial charge on any atom is 0.221 e. The van der Waals surface area contributed by atoms with Gasteiger partial charge in [-0.15, -0.1) is 0 Å². The van der Waals surface area contributed by atoms with Gasteiger partial charge in [-0.1, -0.05) is 18.2 Å². The number of hydrogen-bond donors (Lipinski definition) is 2. The van der Waals surface area contributed by atoms with Gasteiger partial charge in [0.25, 0.3) is 0 Å². The summed E-state index contributed by atoms with van der Waals surface area (Å²) in [7, 11) is 0. The van der Waals surface area contributed by atoms with Crippen LogP contribution in [-0.2, 0) is 4.79 Å². The second kappa shape index (κ2) is 5.44. The normalized spacial score (nSPS) is 23.1. The van der Waals surface area contributed by atoms with Crippen LogP contribution in [0.15, 0.2) is 24.3 Å². The predicted molar refractivity (Wildman–Crippen MR) is 77.4 cm³/mol. The number of nitrogens with one attached hydrogen (secondary N) is 1. The molecule has 0 saturated heterocycles. The second-order valence-corrected chi connectivity index (χ2v) is 5.89. The third-order valence-electron chi connectivity index (χ3n) is 4.42. The highest BCUT2D eigenvalue weighted by molar-refractivity contribution is 5.76. The standard InChI is InChI=1S/C16H22N2O2/c17-10-7-15(19)18-13-11-16(8-3-4-9-16)20-14-6-2-1-5-12(13)14/h1-2,5-6,13H,3-4,7-11,17H2,(H,18,19). The largest absolute Gasteiger partial charge is 0.487 e. The SMILES string of the molecule is NCCC(=O)NC1CC2(CCCC2)Oc2ccccc21. The first-order chi connectivity index (χ1) is 9.72. The summed E-state index contributed by atoms with van der Waals surface area (Å²) in [4.78, 5) is 11.9. The van der Waals surface area contributed by atoms with Crippen molar-refractivity contribution in [3.8, 4) is 5.75 Å². The molecule has 0 radical (unpaired) electrons. The number of nitrogens with two attached hydrogens (primary N) is 1. The van der Waals surface area contributed by atoms with Crippen LogP contribution in [0.3, 0.4) is 0 Å². The number of rotatable bonds is 3. The maximum absolute atomic E-state index is 11.9. The van der Waals surface area contributed by atoms with Gasteiger partial charge < -0.3 is 15.8 Å². The van der Waals surface area contributed by atoms with Crippen molar-refractivity contribution in [2.24, 2.45) is 5.73 Å². The molecule has 108 valence electrons. The van der Waals surface area contributed by atoms with E-state index in [1.165, 1.54) is 12.8 Å². The number of hydrogen-bond acceptors (Lipinski definition) is 3. The van der Waals surface area contributed by atoms with E-state index in [0.717, 1.165) is 30.6 Å². The minimum Gasteiger partial charge on any atom is -0.487 e. The molecule has 1 fully saturated rings. The molecule has 1 aliphatic carbocycles. The minimum absolute atomic E-state index is 0.0300. The average Bonchev–Trinajstić information content (AvgIpc) is 2.87. The van der Waals surface area contributed by atoms with E-state index in [0.29, 0.717) is 13.0 Å². The molecule has 0 bridgehead atoms. The highest BCUT2D eigenvalue weighted by Gasteiger charge is 2.43. The number of fused-ring (bicyclic) bond motifs is 1. The lowest BCUT2D eigenvalue weighted by atomic mass is 9.86. The highest BCUT2D eigenvalue weighted by atomic mass is 16.5. The summed E-state index contributed by atoms with van der Waals surface area (Å²) in [5, 5.41) is 3.13. The van der Waals surface area contributed by atoms with E-state index in [1.54, 1.807) is 0 Å². The van der Waals surface area contributed by atoms with Gasteiger partial charge in [-0.25, -0.2) is 0 Å². The molecule has 2 aliphatic rings. The first-order valence-electron chi connectivity index (χ1n) is 7.50. The van der Waals surface area contributed by atoms with E-state index < -0.39 is 0 Å². The summed E-state index contributed by atoms with van der Waals surface area (Å²) < 4.78 is 6.28. The summed E-state index contributed by atoms with van der Waals surface area (Å²) in [5.41, 5.74) is 6.48. The van der Waals surface area contributed by atoms with E-state index in [9.17, 15) is 4.79 Å². The van der Waals surface area contributed by atoms with Gasteiger partial charge in [-0.05, 0) is 31.7 Å². The molecule has 1 amide bonds. The predicted octanol–water partition coefficient (Wildman–Crippen LogP) is 2.29. The molecule has 3 N–H and O–H groups in total. The van der Waals surface area contributed by atoms with Gasteiger partial charge >= 0.3 is 0 Å². The van der Waals surface area contributed by atoms with E-state index in [2.05, 4.69) is 5.32 Å². The Hall–Kier alpha value is -1.55. The van der Waals surface area contributed by atoms with E-state index in [4.69, 9.17) is 10.5 Å². The fourth-order valence-electron chi connectivity index (χ4n) is 3.47. The molecular weight excluding hydrogens is 252 g/mol. The van der Waals surface area contributed by atoms with Crippen LogP contribution in [0.1, 0.15) is 50.1 Å². The molecule has 1 aromatic carbocycles. The lowest BCUT2D eigenvalue weighted by Gasteiger charge is -2.40. The van der Waals surface area contributed by atoms with Crippen LogP contribution in [0, 0.1) is 0 Å². The summed E-state index contributed by atoms with van der Waals surface area (Å²) in [6.45, 7) is 0.391. The Bertz CT molecular complexity index is 495. The Labute approximate surface area is 119 Å². The summed E-state index contributed by atoms with van der Waals surface area (Å²) in [6.07, 6.45) is 5.86. The maximum atomic E-state index is 11.9. The fourth-order valence-corrected chi connectivity index (χ4v) is 3.47. The van der Waals surface area contributed by atoms with Gasteiger partial charge in [0, 0.05) is 24.9 Å². The molecule has 1 atom stereocenters. The molecule has 1 unspecified atom stereocenters. The second-order valence-electron chi connectivity index (χ2n) is 5.89. The molecule has 3 rings (SSSR count). The minimum atomic E-state index is -0.0744. The Morgan fingerprint density at radius 2 is 2.10 bits per heavy atom. The van der Waals surface area contributed by atoms with Crippen LogP contribution in [-0.4, -0.2) is 18.1 Å². The first-order valence-corrected chi connectivity index (χ1v) is 7.50. The van der Waals surface area contributed by atoms with Crippen molar-refractivity contribution >= 4 is 5.91 Å². The lowest BCUT2D eigenvalue weighted by Crippen LogP contribution is -2.43. The molecule has 1 saturated carbocycles. The number of carbonyl (C=O) groups excluding carboxylic acids is 1. The van der Waals surface area contributed by atoms with E-state index in [1.807, 2.05) is 24.3 Å². The van der Waals surface area contributed by atoms with Gasteiger partial charge in [0.05, 0.1) is 6.04 Å². The van der Waals surface area contributed by atoms with Crippen LogP contribution in [0.4, 0.5) is 0 Å². The van der Waals surface area contributed by atoms with Gasteiger partial charge in [0.1, 0.15) is 11.4 Å². The van der Waals surface area contributed by atoms with Gasteiger partial charge in [-0.3, -0.25) is 4.79 Å². The highest BCUT2D eigenvalue weighted by Crippen LogP contribution is 2.46. The molecule has 1 spiro atoms. The average molecular weight is 274 g/mol. The third-order valence-corrected chi connectivity index (χ3v) is 4.42. The molecule has 4 nitrogen and oxygen atoms in total. The molecule has 1 aliphatic heterocycles. The zero-order valence-electron chi connectivity index (χ0n) is 11.7. The van der Waals surface area contributed by atoms with E-state index in [-0.39, 0.29) is 17.6 Å². The molecule has 1 aromatic rings. The lowest BCUT2D eigenvalue weighted by molar-refractivity contribution is -0.122. The molecule has 0 aromatic heterocycles. The zero-order chi connectivity index (χ0) is 14.0. The van der Waals surface area contributed by atoms with Crippen LogP contribution in [0.2, 0.25) is 0 Å². The Morgan fingerprint density at radius 1 is 1.35 bits per heavy atom. The first kappa shape index (κ1) is 13.4. The third kappa shape index (κ3) is 2.52. The Morgan fingerprint density at radius 3 is 2.85 bits per heavy atom. The van der Waals surface area contributed by atoms with Gasteiger partial charge in [-0.2, -0.15) is 0 Å². The van der Waals surface area contributed by atoms with Crippen molar-refractivity contribution in [3.05, 3.63) is 29.8 Å². The van der Waals surface area contributed by atoms with Crippen molar-refractivity contribution < 1.29 is 9.53 Å². The van der Waals surface area contributed by atoms with Gasteiger partial charge in [0.2, 0.25) is 5.91 Å². The molecular formula is C16H22N2O2. The summed E-state index contributed by atoms with van der Waals surface area (Å²) >= 11 is 0. The van der Waals surface area contributed by atoms with Crippen LogP contribution in [0.25, 0.3) is 0 Å². The number of carbonyl (C=O) groups is 1. The molecule has 20 heavy (non-hydrogen) atoms. The van der Waals surface area contributed by atoms with Crippen molar-refractivity contribution in [2.45, 2.75) is 50.2 Å². The van der Waals surface area contributed by atoms with Crippen molar-refractivity contribution in [3.63, 3.8) is 0 Å². The number of para-hydroxylation sites is 1. The number of ether oxygens (including phenoxy) is 1. The number of amides is 1. The van der Waals surface area contributed by atoms with E-state index >= 15 is 0 Å². The smallest absolute Gasteiger partial charge is 0.221 e. The van der Waals surface area contributed by atoms with Crippen LogP contribution < -0.4 is 15.8 Å². The summed E-state index contributed by atoms with van der Waals surface area (Å²) in [5.74, 6) is 0.959. The number of benzene rings is 1. The van der Waals surface area contributed by atoms with Gasteiger partial charge in [0.15, 0.2) is 0 Å². The quantitative estimate of drug-likeness (QED) is 0.889. The Balaban J connectivity index is 1.85. The fraction of sp³-hybridized carbons (Fsp3) is 0.562. The topological polar surface area (TPSA) is 64.4 Å². The molecule has 4 heteroatoms. The van der Waals surface area contributed by atoms with Crippen molar-refractivity contribution in [1.82, 2.24) is 5.32 Å². The molecule has 1 heterocycles. The van der Waals surface area contributed by atoms with Crippen molar-refractivity contribution in [2.75, 3.05) is 6.54 Å².